The van der Waals surface area contributed by atoms with Crippen molar-refractivity contribution in [2.75, 3.05) is 6.54 Å². The summed E-state index contributed by atoms with van der Waals surface area (Å²) in [5.41, 5.74) is 4.16. The van der Waals surface area contributed by atoms with Gasteiger partial charge in [-0.3, -0.25) is 24.0 Å². The molecule has 4 N–H and O–H groups in total. The van der Waals surface area contributed by atoms with Crippen LogP contribution in [0.2, 0.25) is 0 Å². The maximum absolute atomic E-state index is 14.2. The normalized spacial score (nSPS) is 19.8. The number of hydrogen-bond donors (Lipinski definition) is 4. The third-order valence-corrected chi connectivity index (χ3v) is 9.78. The molecule has 5 amide bonds. The SMILES string of the molecule is Cc1ccccc1[C@H](CC(=O)ON1C(=O)CCC1=O)NC(=O)[C@@H]1C[C@@H](NC(=O)c2ccc3c(c2)B(O)OC3)CN1C(=O)c1ccc2c(c1)B(O)OC2. The van der Waals surface area contributed by atoms with Crippen LogP contribution in [-0.2, 0) is 46.5 Å². The maximum Gasteiger partial charge on any atom is 0.491 e. The molecule has 0 spiro atoms. The summed E-state index contributed by atoms with van der Waals surface area (Å²) in [5, 5.41) is 26.6. The molecule has 0 bridgehead atoms. The Morgan fingerprint density at radius 3 is 2.17 bits per heavy atom. The summed E-state index contributed by atoms with van der Waals surface area (Å²) in [6, 6.07) is 13.8. The Morgan fingerprint density at radius 1 is 0.904 bits per heavy atom. The van der Waals surface area contributed by atoms with Crippen molar-refractivity contribution in [3.63, 3.8) is 0 Å². The number of likely N-dealkylation sites (tertiary alicyclic amines) is 1. The van der Waals surface area contributed by atoms with Gasteiger partial charge in [-0.15, -0.1) is 5.06 Å². The molecule has 0 saturated carbocycles. The van der Waals surface area contributed by atoms with Gasteiger partial charge in [-0.2, -0.15) is 0 Å². The zero-order chi connectivity index (χ0) is 36.7. The Hall–Kier alpha value is -5.35. The molecule has 17 heteroatoms. The van der Waals surface area contributed by atoms with E-state index in [0.29, 0.717) is 21.6 Å². The largest absolute Gasteiger partial charge is 0.491 e. The number of carbonyl (C=O) groups excluding carboxylic acids is 6. The quantitative estimate of drug-likeness (QED) is 0.162. The fourth-order valence-electron chi connectivity index (χ4n) is 7.00. The molecule has 52 heavy (non-hydrogen) atoms. The van der Waals surface area contributed by atoms with Gasteiger partial charge in [0.05, 0.1) is 25.7 Å². The summed E-state index contributed by atoms with van der Waals surface area (Å²) in [6.45, 7) is 2.14. The molecular weight excluding hydrogens is 674 g/mol. The predicted octanol–water partition coefficient (Wildman–Crippen LogP) is -0.702. The van der Waals surface area contributed by atoms with E-state index in [1.54, 1.807) is 55.5 Å². The third-order valence-electron chi connectivity index (χ3n) is 9.78. The number of amides is 5. The zero-order valence-corrected chi connectivity index (χ0v) is 28.1. The molecule has 3 aromatic rings. The van der Waals surface area contributed by atoms with Crippen LogP contribution in [0.4, 0.5) is 0 Å². The number of aryl methyl sites for hydroxylation is 1. The highest BCUT2D eigenvalue weighted by Gasteiger charge is 2.43. The Balaban J connectivity index is 1.14. The van der Waals surface area contributed by atoms with Gasteiger partial charge in [0.15, 0.2) is 0 Å². The smallest absolute Gasteiger partial charge is 0.423 e. The highest BCUT2D eigenvalue weighted by Crippen LogP contribution is 2.27. The van der Waals surface area contributed by atoms with Crippen LogP contribution in [0.15, 0.2) is 60.7 Å². The minimum absolute atomic E-state index is 0.0123. The van der Waals surface area contributed by atoms with E-state index in [9.17, 15) is 38.8 Å². The van der Waals surface area contributed by atoms with Gasteiger partial charge in [0.2, 0.25) is 5.91 Å². The first-order valence-electron chi connectivity index (χ1n) is 16.9. The van der Waals surface area contributed by atoms with Crippen LogP contribution in [0, 0.1) is 6.92 Å². The van der Waals surface area contributed by atoms with Crippen molar-refractivity contribution in [1.29, 1.82) is 0 Å². The minimum Gasteiger partial charge on any atom is -0.423 e. The highest BCUT2D eigenvalue weighted by atomic mass is 16.7. The van der Waals surface area contributed by atoms with Crippen molar-refractivity contribution in [3.8, 4) is 0 Å². The molecular formula is C35H34B2N4O11. The Bertz CT molecular complexity index is 1980. The Morgan fingerprint density at radius 2 is 1.52 bits per heavy atom. The molecule has 4 aliphatic heterocycles. The second kappa shape index (κ2) is 14.3. The van der Waals surface area contributed by atoms with Crippen LogP contribution < -0.4 is 21.6 Å². The number of rotatable bonds is 9. The summed E-state index contributed by atoms with van der Waals surface area (Å²) in [4.78, 5) is 85.5. The van der Waals surface area contributed by atoms with Gasteiger partial charge in [-0.25, -0.2) is 4.79 Å². The second-order valence-electron chi connectivity index (χ2n) is 13.2. The molecule has 0 unspecified atom stereocenters. The van der Waals surface area contributed by atoms with E-state index in [1.165, 1.54) is 17.0 Å². The summed E-state index contributed by atoms with van der Waals surface area (Å²) in [7, 11) is -2.36. The summed E-state index contributed by atoms with van der Waals surface area (Å²) >= 11 is 0. The Kier molecular flexibility index (Phi) is 9.67. The predicted molar refractivity (Wildman–Crippen MR) is 182 cm³/mol. The van der Waals surface area contributed by atoms with Gasteiger partial charge < -0.3 is 39.7 Å². The molecule has 4 heterocycles. The molecule has 2 saturated heterocycles. The van der Waals surface area contributed by atoms with E-state index < -0.39 is 74.3 Å². The van der Waals surface area contributed by atoms with Crippen LogP contribution in [0.1, 0.15) is 74.7 Å². The molecule has 0 radical (unpaired) electrons. The van der Waals surface area contributed by atoms with E-state index in [4.69, 9.17) is 14.1 Å². The van der Waals surface area contributed by atoms with Gasteiger partial charge in [0.1, 0.15) is 6.04 Å². The third kappa shape index (κ3) is 6.95. The van der Waals surface area contributed by atoms with Crippen molar-refractivity contribution >= 4 is 60.7 Å². The zero-order valence-electron chi connectivity index (χ0n) is 28.1. The standard InChI is InChI=1S/C35H34B2N4O11/c1-19-4-2-3-5-25(19)28(15-32(44)52-41-30(42)10-11-31(41)43)39-34(46)29-14-24(38-33(45)20-6-8-22-17-50-36(48)26(22)12-20)16-40(29)35(47)21-7-9-23-18-51-37(49)27(23)13-21/h2-9,12-13,24,28-29,48-49H,10-11,14-18H2,1H3,(H,38,45)(H,39,46)/t24-,28+,29+/m1/s1. The summed E-state index contributed by atoms with van der Waals surface area (Å²) < 4.78 is 10.5. The monoisotopic (exact) mass is 708 g/mol. The number of hydrogen-bond acceptors (Lipinski definition) is 11. The maximum atomic E-state index is 14.2. The van der Waals surface area contributed by atoms with Crippen LogP contribution in [0.5, 0.6) is 0 Å². The molecule has 0 aliphatic carbocycles. The lowest BCUT2D eigenvalue weighted by molar-refractivity contribution is -0.197. The minimum atomic E-state index is -1.20. The summed E-state index contributed by atoms with van der Waals surface area (Å²) in [5.74, 6) is -3.84. The lowest BCUT2D eigenvalue weighted by Gasteiger charge is -2.27. The number of carbonyl (C=O) groups is 6. The van der Waals surface area contributed by atoms with Crippen molar-refractivity contribution in [1.82, 2.24) is 20.6 Å². The van der Waals surface area contributed by atoms with Crippen LogP contribution in [0.25, 0.3) is 0 Å². The molecule has 0 aromatic heterocycles. The van der Waals surface area contributed by atoms with Gasteiger partial charge in [0, 0.05) is 36.6 Å². The first-order chi connectivity index (χ1) is 25.0. The highest BCUT2D eigenvalue weighted by molar-refractivity contribution is 6.62. The number of imide groups is 1. The molecule has 7 rings (SSSR count). The lowest BCUT2D eigenvalue weighted by Crippen LogP contribution is -2.47. The van der Waals surface area contributed by atoms with Gasteiger partial charge in [-0.05, 0) is 70.8 Å². The van der Waals surface area contributed by atoms with E-state index in [-0.39, 0.29) is 50.1 Å². The molecule has 2 fully saturated rings. The number of fused-ring (bicyclic) bond motifs is 2. The van der Waals surface area contributed by atoms with E-state index in [2.05, 4.69) is 10.6 Å². The van der Waals surface area contributed by atoms with E-state index in [0.717, 1.165) is 16.7 Å². The van der Waals surface area contributed by atoms with Gasteiger partial charge >= 0.3 is 20.2 Å². The van der Waals surface area contributed by atoms with Crippen molar-refractivity contribution < 1.29 is 53.0 Å². The average molecular weight is 708 g/mol. The van der Waals surface area contributed by atoms with E-state index >= 15 is 0 Å². The average Bonchev–Trinajstić information content (AvgIpc) is 3.91. The first-order valence-corrected chi connectivity index (χ1v) is 16.9. The van der Waals surface area contributed by atoms with Crippen LogP contribution >= 0.6 is 0 Å². The summed E-state index contributed by atoms with van der Waals surface area (Å²) in [6.07, 6.45) is -0.581. The molecule has 3 aromatic carbocycles. The Labute approximate surface area is 298 Å². The van der Waals surface area contributed by atoms with Gasteiger partial charge in [0.25, 0.3) is 23.6 Å². The fraction of sp³-hybridized carbons (Fsp3) is 0.314. The van der Waals surface area contributed by atoms with Crippen molar-refractivity contribution in [2.45, 2.75) is 63.9 Å². The van der Waals surface area contributed by atoms with E-state index in [1.807, 2.05) is 0 Å². The molecule has 4 aliphatic rings. The van der Waals surface area contributed by atoms with Crippen LogP contribution in [0.3, 0.4) is 0 Å². The molecule has 15 nitrogen and oxygen atoms in total. The number of hydroxylamine groups is 2. The number of nitrogens with one attached hydrogen (secondary N) is 2. The number of benzene rings is 3. The molecule has 3 atom stereocenters. The topological polar surface area (TPSA) is 201 Å². The van der Waals surface area contributed by atoms with Crippen molar-refractivity contribution in [3.05, 3.63) is 94.0 Å². The first kappa shape index (κ1) is 35.1. The van der Waals surface area contributed by atoms with Gasteiger partial charge in [-0.1, -0.05) is 36.4 Å². The molecule has 266 valence electrons. The number of nitrogens with zero attached hydrogens (tertiary/aromatic N) is 2. The van der Waals surface area contributed by atoms with Crippen LogP contribution in [-0.4, -0.2) is 88.4 Å². The fourth-order valence-corrected chi connectivity index (χ4v) is 7.00. The lowest BCUT2D eigenvalue weighted by atomic mass is 9.78. The van der Waals surface area contributed by atoms with Crippen molar-refractivity contribution in [2.24, 2.45) is 0 Å². The second-order valence-corrected chi connectivity index (χ2v) is 13.2.